The molecular weight excluding hydrogens is 258 g/mol. The Labute approximate surface area is 119 Å². The third-order valence-electron chi connectivity index (χ3n) is 3.06. The van der Waals surface area contributed by atoms with Crippen LogP contribution in [0.3, 0.4) is 0 Å². The molecule has 0 saturated carbocycles. The van der Waals surface area contributed by atoms with Gasteiger partial charge in [0.2, 0.25) is 0 Å². The number of aliphatic hydroxyl groups is 1. The van der Waals surface area contributed by atoms with Crippen molar-refractivity contribution in [2.75, 3.05) is 23.8 Å². The molecule has 3 N–H and O–H groups in total. The number of hydrogen-bond donors (Lipinski definition) is 3. The second-order valence-electron chi connectivity index (χ2n) is 5.13. The highest BCUT2D eigenvalue weighted by Crippen LogP contribution is 2.25. The molecule has 0 heterocycles. The Bertz CT molecular complexity index is 449. The van der Waals surface area contributed by atoms with Gasteiger partial charge in [0.1, 0.15) is 0 Å². The molecule has 1 aromatic rings. The largest absolute Gasteiger partial charge is 0.394 e. The summed E-state index contributed by atoms with van der Waals surface area (Å²) in [5, 5.41) is 26.6. The van der Waals surface area contributed by atoms with E-state index in [1.165, 1.54) is 12.1 Å². The maximum Gasteiger partial charge on any atom is 0.273 e. The van der Waals surface area contributed by atoms with Crippen molar-refractivity contribution < 1.29 is 10.0 Å². The van der Waals surface area contributed by atoms with E-state index in [1.807, 2.05) is 26.8 Å². The summed E-state index contributed by atoms with van der Waals surface area (Å²) in [4.78, 5) is 10.6. The van der Waals surface area contributed by atoms with Crippen LogP contribution in [-0.4, -0.2) is 29.2 Å². The molecule has 0 bridgehead atoms. The Hall–Kier alpha value is -1.82. The molecule has 0 amide bonds. The van der Waals surface area contributed by atoms with Crippen LogP contribution >= 0.6 is 0 Å². The number of nitrogens with one attached hydrogen (secondary N) is 2. The SMILES string of the molecule is CCCNc1cc(N[C@H](CO)C(C)C)cc([N+](=O)[O-])c1. The van der Waals surface area contributed by atoms with Gasteiger partial charge in [-0.25, -0.2) is 0 Å². The summed E-state index contributed by atoms with van der Waals surface area (Å²) in [6.45, 7) is 6.75. The molecule has 0 radical (unpaired) electrons. The minimum atomic E-state index is -0.411. The second kappa shape index (κ2) is 7.69. The van der Waals surface area contributed by atoms with Crippen molar-refractivity contribution >= 4 is 17.1 Å². The van der Waals surface area contributed by atoms with Crippen molar-refractivity contribution in [1.29, 1.82) is 0 Å². The Kier molecular flexibility index (Phi) is 6.24. The van der Waals surface area contributed by atoms with Crippen molar-refractivity contribution in [2.24, 2.45) is 5.92 Å². The highest BCUT2D eigenvalue weighted by Gasteiger charge is 2.15. The second-order valence-corrected chi connectivity index (χ2v) is 5.13. The van der Waals surface area contributed by atoms with Gasteiger partial charge < -0.3 is 15.7 Å². The van der Waals surface area contributed by atoms with E-state index in [2.05, 4.69) is 10.6 Å². The Balaban J connectivity index is 2.98. The van der Waals surface area contributed by atoms with Crippen molar-refractivity contribution in [3.63, 3.8) is 0 Å². The Morgan fingerprint density at radius 3 is 2.45 bits per heavy atom. The number of anilines is 2. The fourth-order valence-corrected chi connectivity index (χ4v) is 1.81. The highest BCUT2D eigenvalue weighted by molar-refractivity contribution is 5.63. The van der Waals surface area contributed by atoms with E-state index in [-0.39, 0.29) is 24.3 Å². The van der Waals surface area contributed by atoms with E-state index in [9.17, 15) is 15.2 Å². The number of nitro benzene ring substituents is 1. The zero-order valence-corrected chi connectivity index (χ0v) is 12.2. The van der Waals surface area contributed by atoms with Gasteiger partial charge in [0, 0.05) is 30.1 Å². The monoisotopic (exact) mass is 281 g/mol. The first-order chi connectivity index (χ1) is 9.47. The van der Waals surface area contributed by atoms with E-state index >= 15 is 0 Å². The van der Waals surface area contributed by atoms with Crippen LogP contribution in [0, 0.1) is 16.0 Å². The van der Waals surface area contributed by atoms with Crippen LogP contribution in [0.1, 0.15) is 27.2 Å². The van der Waals surface area contributed by atoms with Crippen LogP contribution < -0.4 is 10.6 Å². The lowest BCUT2D eigenvalue weighted by Crippen LogP contribution is -2.29. The number of aliphatic hydroxyl groups excluding tert-OH is 1. The van der Waals surface area contributed by atoms with Gasteiger partial charge in [-0.3, -0.25) is 10.1 Å². The molecule has 6 nitrogen and oxygen atoms in total. The molecule has 1 atom stereocenters. The maximum absolute atomic E-state index is 11.0. The number of nitrogens with zero attached hydrogens (tertiary/aromatic N) is 1. The number of hydrogen-bond acceptors (Lipinski definition) is 5. The molecule has 0 aliphatic heterocycles. The molecule has 112 valence electrons. The van der Waals surface area contributed by atoms with Crippen molar-refractivity contribution in [2.45, 2.75) is 33.2 Å². The maximum atomic E-state index is 11.0. The summed E-state index contributed by atoms with van der Waals surface area (Å²) in [6.07, 6.45) is 0.941. The zero-order valence-electron chi connectivity index (χ0n) is 12.2. The van der Waals surface area contributed by atoms with Gasteiger partial charge in [-0.1, -0.05) is 20.8 Å². The number of benzene rings is 1. The quantitative estimate of drug-likeness (QED) is 0.504. The van der Waals surface area contributed by atoms with E-state index < -0.39 is 4.92 Å². The molecule has 0 fully saturated rings. The van der Waals surface area contributed by atoms with Crippen molar-refractivity contribution in [1.82, 2.24) is 0 Å². The summed E-state index contributed by atoms with van der Waals surface area (Å²) in [5.74, 6) is 0.228. The molecule has 1 aromatic carbocycles. The Morgan fingerprint density at radius 1 is 1.30 bits per heavy atom. The summed E-state index contributed by atoms with van der Waals surface area (Å²) >= 11 is 0. The van der Waals surface area contributed by atoms with Gasteiger partial charge in [0.25, 0.3) is 5.69 Å². The molecular formula is C14H23N3O3. The van der Waals surface area contributed by atoms with Gasteiger partial charge >= 0.3 is 0 Å². The lowest BCUT2D eigenvalue weighted by Gasteiger charge is -2.21. The van der Waals surface area contributed by atoms with Gasteiger partial charge in [0.15, 0.2) is 0 Å². The molecule has 0 unspecified atom stereocenters. The zero-order chi connectivity index (χ0) is 15.1. The van der Waals surface area contributed by atoms with Crippen LogP contribution in [0.15, 0.2) is 18.2 Å². The minimum absolute atomic E-state index is 0.0158. The fourth-order valence-electron chi connectivity index (χ4n) is 1.81. The van der Waals surface area contributed by atoms with Gasteiger partial charge in [0.05, 0.1) is 17.6 Å². The number of nitro groups is 1. The predicted octanol–water partition coefficient (Wildman–Crippen LogP) is 2.85. The molecule has 20 heavy (non-hydrogen) atoms. The smallest absolute Gasteiger partial charge is 0.273 e. The van der Waals surface area contributed by atoms with E-state index in [1.54, 1.807) is 0 Å². The third-order valence-corrected chi connectivity index (χ3v) is 3.06. The summed E-state index contributed by atoms with van der Waals surface area (Å²) in [6, 6.07) is 4.70. The van der Waals surface area contributed by atoms with Gasteiger partial charge in [-0.2, -0.15) is 0 Å². The van der Waals surface area contributed by atoms with E-state index in [4.69, 9.17) is 0 Å². The van der Waals surface area contributed by atoms with Gasteiger partial charge in [-0.15, -0.1) is 0 Å². The fraction of sp³-hybridized carbons (Fsp3) is 0.571. The average molecular weight is 281 g/mol. The first-order valence-corrected chi connectivity index (χ1v) is 6.88. The molecule has 0 saturated heterocycles. The summed E-state index contributed by atoms with van der Waals surface area (Å²) in [7, 11) is 0. The van der Waals surface area contributed by atoms with Crippen molar-refractivity contribution in [3.8, 4) is 0 Å². The molecule has 0 aromatic heterocycles. The van der Waals surface area contributed by atoms with Crippen LogP contribution in [0.5, 0.6) is 0 Å². The molecule has 0 spiro atoms. The van der Waals surface area contributed by atoms with E-state index in [0.29, 0.717) is 11.4 Å². The normalized spacial score (nSPS) is 12.2. The summed E-state index contributed by atoms with van der Waals surface area (Å²) < 4.78 is 0. The van der Waals surface area contributed by atoms with Crippen molar-refractivity contribution in [3.05, 3.63) is 28.3 Å². The Morgan fingerprint density at radius 2 is 1.95 bits per heavy atom. The average Bonchev–Trinajstić information content (AvgIpc) is 2.41. The van der Waals surface area contributed by atoms with Crippen LogP contribution in [0.25, 0.3) is 0 Å². The van der Waals surface area contributed by atoms with E-state index in [0.717, 1.165) is 13.0 Å². The first kappa shape index (κ1) is 16.2. The third kappa shape index (κ3) is 4.70. The van der Waals surface area contributed by atoms with Crippen LogP contribution in [0.4, 0.5) is 17.1 Å². The molecule has 1 rings (SSSR count). The standard InChI is InChI=1S/C14H23N3O3/c1-4-5-15-11-6-12(8-13(7-11)17(19)20)16-14(9-18)10(2)3/h6-8,10,14-16,18H,4-5,9H2,1-3H3/t14-/m1/s1. The number of non-ortho nitro benzene ring substituents is 1. The van der Waals surface area contributed by atoms with Crippen LogP contribution in [0.2, 0.25) is 0 Å². The van der Waals surface area contributed by atoms with Crippen LogP contribution in [-0.2, 0) is 0 Å². The first-order valence-electron chi connectivity index (χ1n) is 6.88. The lowest BCUT2D eigenvalue weighted by molar-refractivity contribution is -0.384. The summed E-state index contributed by atoms with van der Waals surface area (Å²) in [5.41, 5.74) is 1.39. The highest BCUT2D eigenvalue weighted by atomic mass is 16.6. The lowest BCUT2D eigenvalue weighted by atomic mass is 10.0. The predicted molar refractivity (Wildman–Crippen MR) is 81.2 cm³/mol. The molecule has 0 aliphatic carbocycles. The topological polar surface area (TPSA) is 87.4 Å². The van der Waals surface area contributed by atoms with Gasteiger partial charge in [-0.05, 0) is 18.4 Å². The molecule has 6 heteroatoms. The molecule has 0 aliphatic rings. The number of rotatable bonds is 8. The minimum Gasteiger partial charge on any atom is -0.394 e.